The molecule has 0 unspecified atom stereocenters. The smallest absolute Gasteiger partial charge is 0.338 e. The first-order valence-corrected chi connectivity index (χ1v) is 11.7. The molecule has 31 heavy (non-hydrogen) atoms. The molecule has 0 saturated heterocycles. The van der Waals surface area contributed by atoms with Crippen LogP contribution in [0.3, 0.4) is 0 Å². The average Bonchev–Trinajstić information content (AvgIpc) is 3.40. The number of thioether (sulfide) groups is 1. The summed E-state index contributed by atoms with van der Waals surface area (Å²) in [7, 11) is 0. The molecule has 0 atom stereocenters. The van der Waals surface area contributed by atoms with Gasteiger partial charge in [-0.1, -0.05) is 24.8 Å². The van der Waals surface area contributed by atoms with Crippen LogP contribution in [0.25, 0.3) is 11.4 Å². The zero-order valence-electron chi connectivity index (χ0n) is 17.5. The molecule has 0 aliphatic carbocycles. The predicted octanol–water partition coefficient (Wildman–Crippen LogP) is 4.66. The van der Waals surface area contributed by atoms with Gasteiger partial charge < -0.3 is 10.1 Å². The summed E-state index contributed by atoms with van der Waals surface area (Å²) >= 11 is 3.01. The number of ether oxygens (including phenoxy) is 1. The fraction of sp³-hybridized carbons (Fsp3) is 0.273. The van der Waals surface area contributed by atoms with Gasteiger partial charge in [-0.3, -0.25) is 9.36 Å². The molecule has 0 fully saturated rings. The van der Waals surface area contributed by atoms with E-state index in [4.69, 9.17) is 4.74 Å². The van der Waals surface area contributed by atoms with Crippen LogP contribution in [0, 0.1) is 0 Å². The van der Waals surface area contributed by atoms with Crippen molar-refractivity contribution in [1.82, 2.24) is 14.8 Å². The number of esters is 1. The molecular formula is C22H24N4O3S2. The van der Waals surface area contributed by atoms with Crippen LogP contribution in [0.15, 0.2) is 53.5 Å². The van der Waals surface area contributed by atoms with Gasteiger partial charge in [-0.2, -0.15) is 0 Å². The van der Waals surface area contributed by atoms with Crippen LogP contribution in [-0.4, -0.2) is 39.0 Å². The van der Waals surface area contributed by atoms with Crippen molar-refractivity contribution >= 4 is 40.7 Å². The van der Waals surface area contributed by atoms with Gasteiger partial charge >= 0.3 is 5.97 Å². The van der Waals surface area contributed by atoms with E-state index in [-0.39, 0.29) is 17.6 Å². The number of rotatable bonds is 10. The number of amides is 1. The van der Waals surface area contributed by atoms with Crippen LogP contribution in [0.5, 0.6) is 0 Å². The molecule has 7 nitrogen and oxygen atoms in total. The van der Waals surface area contributed by atoms with Crippen LogP contribution in [0.1, 0.15) is 29.1 Å². The van der Waals surface area contributed by atoms with Crippen molar-refractivity contribution in [3.8, 4) is 11.4 Å². The first-order valence-electron chi connectivity index (χ1n) is 9.87. The van der Waals surface area contributed by atoms with E-state index in [9.17, 15) is 9.59 Å². The number of thiophene rings is 1. The number of carbonyl (C=O) groups excluding carboxylic acids is 2. The monoisotopic (exact) mass is 456 g/mol. The van der Waals surface area contributed by atoms with Crippen LogP contribution < -0.4 is 5.32 Å². The van der Waals surface area contributed by atoms with Gasteiger partial charge in [-0.25, -0.2) is 4.79 Å². The third-order valence-corrected chi connectivity index (χ3v) is 6.35. The standard InChI is InChI=1S/C22H24N4O3S2/c1-4-11-26-20(16-12-18(5-2)30-13-16)24-25-22(26)31-14-19(27)23-17-9-7-15(8-10-17)21(28)29-6-3/h4,7-10,12-13H,1,5-6,11,14H2,2-3H3,(H,23,27). The average molecular weight is 457 g/mol. The molecule has 9 heteroatoms. The summed E-state index contributed by atoms with van der Waals surface area (Å²) in [4.78, 5) is 25.4. The SMILES string of the molecule is C=CCn1c(SCC(=O)Nc2ccc(C(=O)OCC)cc2)nnc1-c1csc(CC)c1. The Bertz CT molecular complexity index is 1060. The van der Waals surface area contributed by atoms with Crippen LogP contribution in [-0.2, 0) is 22.5 Å². The van der Waals surface area contributed by atoms with Crippen molar-refractivity contribution in [2.45, 2.75) is 32.0 Å². The summed E-state index contributed by atoms with van der Waals surface area (Å²) in [5, 5.41) is 14.2. The molecule has 3 aromatic rings. The number of aryl methyl sites for hydroxylation is 1. The highest BCUT2D eigenvalue weighted by molar-refractivity contribution is 7.99. The molecule has 1 N–H and O–H groups in total. The van der Waals surface area contributed by atoms with E-state index < -0.39 is 0 Å². The second-order valence-corrected chi connectivity index (χ2v) is 8.43. The maximum absolute atomic E-state index is 12.4. The third-order valence-electron chi connectivity index (χ3n) is 4.30. The summed E-state index contributed by atoms with van der Waals surface area (Å²) in [6.07, 6.45) is 2.76. The third kappa shape index (κ3) is 5.83. The molecule has 0 bridgehead atoms. The number of anilines is 1. The Kier molecular flexibility index (Phi) is 8.02. The van der Waals surface area contributed by atoms with Gasteiger partial charge in [0.1, 0.15) is 0 Å². The zero-order valence-corrected chi connectivity index (χ0v) is 19.1. The number of carbonyl (C=O) groups is 2. The fourth-order valence-corrected chi connectivity index (χ4v) is 4.38. The quantitative estimate of drug-likeness (QED) is 0.271. The minimum Gasteiger partial charge on any atom is -0.462 e. The molecule has 2 heterocycles. The van der Waals surface area contributed by atoms with E-state index >= 15 is 0 Å². The topological polar surface area (TPSA) is 86.1 Å². The molecule has 0 saturated carbocycles. The highest BCUT2D eigenvalue weighted by Crippen LogP contribution is 2.28. The number of hydrogen-bond acceptors (Lipinski definition) is 7. The van der Waals surface area contributed by atoms with Crippen LogP contribution in [0.2, 0.25) is 0 Å². The molecule has 3 rings (SSSR count). The lowest BCUT2D eigenvalue weighted by Crippen LogP contribution is -2.15. The van der Waals surface area contributed by atoms with E-state index in [1.165, 1.54) is 16.6 Å². The van der Waals surface area contributed by atoms with E-state index in [1.54, 1.807) is 48.6 Å². The van der Waals surface area contributed by atoms with Gasteiger partial charge in [-0.05, 0) is 43.7 Å². The van der Waals surface area contributed by atoms with Crippen molar-refractivity contribution in [3.05, 3.63) is 58.8 Å². The predicted molar refractivity (Wildman–Crippen MR) is 125 cm³/mol. The number of nitrogens with one attached hydrogen (secondary N) is 1. The second-order valence-electron chi connectivity index (χ2n) is 6.50. The van der Waals surface area contributed by atoms with Gasteiger partial charge in [0.15, 0.2) is 11.0 Å². The Morgan fingerprint density at radius 2 is 2.03 bits per heavy atom. The van der Waals surface area contributed by atoms with Crippen molar-refractivity contribution < 1.29 is 14.3 Å². The maximum Gasteiger partial charge on any atom is 0.338 e. The largest absolute Gasteiger partial charge is 0.462 e. The van der Waals surface area contributed by atoms with Gasteiger partial charge in [-0.15, -0.1) is 28.1 Å². The van der Waals surface area contributed by atoms with E-state index in [0.29, 0.717) is 29.6 Å². The Labute approximate surface area is 189 Å². The minimum atomic E-state index is -0.384. The van der Waals surface area contributed by atoms with E-state index in [0.717, 1.165) is 17.8 Å². The molecule has 1 aromatic carbocycles. The van der Waals surface area contributed by atoms with Crippen molar-refractivity contribution in [3.63, 3.8) is 0 Å². The van der Waals surface area contributed by atoms with Crippen LogP contribution >= 0.6 is 23.1 Å². The number of aromatic nitrogens is 3. The summed E-state index contributed by atoms with van der Waals surface area (Å²) in [5.41, 5.74) is 2.07. The van der Waals surface area contributed by atoms with Crippen molar-refractivity contribution in [2.24, 2.45) is 0 Å². The number of benzene rings is 1. The molecule has 0 aliphatic rings. The fourth-order valence-electron chi connectivity index (χ4n) is 2.82. The lowest BCUT2D eigenvalue weighted by atomic mass is 10.2. The molecule has 1 amide bonds. The van der Waals surface area contributed by atoms with Crippen molar-refractivity contribution in [1.29, 1.82) is 0 Å². The lowest BCUT2D eigenvalue weighted by molar-refractivity contribution is -0.113. The van der Waals surface area contributed by atoms with Gasteiger partial charge in [0.2, 0.25) is 5.91 Å². The minimum absolute atomic E-state index is 0.174. The lowest BCUT2D eigenvalue weighted by Gasteiger charge is -2.08. The highest BCUT2D eigenvalue weighted by atomic mass is 32.2. The maximum atomic E-state index is 12.4. The summed E-state index contributed by atoms with van der Waals surface area (Å²) < 4.78 is 6.92. The molecule has 162 valence electrons. The first kappa shape index (κ1) is 22.8. The number of hydrogen-bond donors (Lipinski definition) is 1. The van der Waals surface area contributed by atoms with E-state index in [1.807, 2.05) is 4.57 Å². The Hall–Kier alpha value is -2.91. The van der Waals surface area contributed by atoms with Crippen LogP contribution in [0.4, 0.5) is 5.69 Å². The molecular weight excluding hydrogens is 432 g/mol. The molecule has 0 radical (unpaired) electrons. The van der Waals surface area contributed by atoms with Gasteiger partial charge in [0, 0.05) is 28.1 Å². The van der Waals surface area contributed by atoms with Gasteiger partial charge in [0.25, 0.3) is 0 Å². The Morgan fingerprint density at radius 3 is 2.68 bits per heavy atom. The zero-order chi connectivity index (χ0) is 22.2. The summed E-state index contributed by atoms with van der Waals surface area (Å²) in [5.74, 6) is 0.393. The molecule has 0 spiro atoms. The second kappa shape index (κ2) is 10.9. The first-order chi connectivity index (χ1) is 15.0. The Balaban J connectivity index is 1.63. The van der Waals surface area contributed by atoms with Gasteiger partial charge in [0.05, 0.1) is 17.9 Å². The highest BCUT2D eigenvalue weighted by Gasteiger charge is 2.16. The number of nitrogens with zero attached hydrogens (tertiary/aromatic N) is 3. The Morgan fingerprint density at radius 1 is 1.26 bits per heavy atom. The molecule has 0 aliphatic heterocycles. The van der Waals surface area contributed by atoms with E-state index in [2.05, 4.69) is 40.5 Å². The summed E-state index contributed by atoms with van der Waals surface area (Å²) in [6.45, 7) is 8.57. The normalized spacial score (nSPS) is 10.6. The van der Waals surface area contributed by atoms with Crippen molar-refractivity contribution in [2.75, 3.05) is 17.7 Å². The number of allylic oxidation sites excluding steroid dienone is 1. The summed E-state index contributed by atoms with van der Waals surface area (Å²) in [6, 6.07) is 8.72. The molecule has 2 aromatic heterocycles.